The van der Waals surface area contributed by atoms with Crippen LogP contribution >= 0.6 is 0 Å². The number of hydrogen-bond donors (Lipinski definition) is 2. The molecule has 1 amide bonds. The first-order chi connectivity index (χ1) is 12.4. The third-order valence-electron chi connectivity index (χ3n) is 5.23. The molecule has 0 aromatic carbocycles. The lowest BCUT2D eigenvalue weighted by Crippen LogP contribution is -2.45. The van der Waals surface area contributed by atoms with Crippen LogP contribution in [0.5, 0.6) is 0 Å². The number of hydrogen-bond acceptors (Lipinski definition) is 6. The summed E-state index contributed by atoms with van der Waals surface area (Å²) in [4.78, 5) is 22.9. The molecule has 0 radical (unpaired) electrons. The van der Waals surface area contributed by atoms with Gasteiger partial charge in [0.15, 0.2) is 11.6 Å². The Hall–Kier alpha value is -2.71. The molecule has 1 saturated carbocycles. The molecule has 0 spiro atoms. The highest BCUT2D eigenvalue weighted by Crippen LogP contribution is 2.34. The Labute approximate surface area is 150 Å². The van der Waals surface area contributed by atoms with E-state index in [0.29, 0.717) is 23.6 Å². The molecule has 0 saturated heterocycles. The fourth-order valence-corrected chi connectivity index (χ4v) is 3.50. The second kappa shape index (κ2) is 6.22. The number of nitrogens with one attached hydrogen (secondary N) is 2. The average molecular weight is 359 g/mol. The Morgan fingerprint density at radius 2 is 2.15 bits per heavy atom. The van der Waals surface area contributed by atoms with Gasteiger partial charge in [0, 0.05) is 19.6 Å². The van der Waals surface area contributed by atoms with Crippen molar-refractivity contribution in [2.24, 2.45) is 5.92 Å². The second-order valence-corrected chi connectivity index (χ2v) is 7.17. The van der Waals surface area contributed by atoms with Gasteiger partial charge in [-0.1, -0.05) is 0 Å². The van der Waals surface area contributed by atoms with Crippen molar-refractivity contribution in [2.75, 3.05) is 22.6 Å². The summed E-state index contributed by atoms with van der Waals surface area (Å²) in [5.74, 6) is 1.42. The Bertz CT molecular complexity index is 846. The number of aromatic nitrogens is 4. The van der Waals surface area contributed by atoms with Gasteiger partial charge in [-0.05, 0) is 32.6 Å². The molecule has 138 valence electrons. The molecule has 0 bridgehead atoms. The minimum atomic E-state index is -0.303. The van der Waals surface area contributed by atoms with Crippen LogP contribution in [0.15, 0.2) is 12.4 Å². The van der Waals surface area contributed by atoms with Crippen LogP contribution < -0.4 is 15.5 Å². The molecule has 2 N–H and O–H groups in total. The summed E-state index contributed by atoms with van der Waals surface area (Å²) in [6.45, 7) is 4.43. The summed E-state index contributed by atoms with van der Waals surface area (Å²) < 4.78 is 14.6. The van der Waals surface area contributed by atoms with Crippen molar-refractivity contribution >= 4 is 23.4 Å². The molecule has 4 rings (SSSR count). The van der Waals surface area contributed by atoms with Crippen LogP contribution in [-0.4, -0.2) is 44.8 Å². The number of anilines is 3. The smallest absolute Gasteiger partial charge is 0.246 e. The third-order valence-corrected chi connectivity index (χ3v) is 5.23. The number of nitrogens with zero attached hydrogens (tertiary/aromatic N) is 5. The van der Waals surface area contributed by atoms with E-state index in [1.165, 1.54) is 12.4 Å². The fourth-order valence-electron chi connectivity index (χ4n) is 3.50. The molecule has 9 heteroatoms. The SMILES string of the molecule is Cc1nc(N[C@H]2C[C@@H](Cn3cc(F)cn3)C2)nc2c1NC(=O)[C@H](C)N2C. The van der Waals surface area contributed by atoms with E-state index >= 15 is 0 Å². The maximum absolute atomic E-state index is 13.0. The van der Waals surface area contributed by atoms with Crippen LogP contribution in [0, 0.1) is 18.7 Å². The maximum Gasteiger partial charge on any atom is 0.246 e. The highest BCUT2D eigenvalue weighted by atomic mass is 19.1. The van der Waals surface area contributed by atoms with Crippen molar-refractivity contribution in [1.29, 1.82) is 0 Å². The fraction of sp³-hybridized carbons (Fsp3) is 0.529. The number of aryl methyl sites for hydroxylation is 1. The zero-order chi connectivity index (χ0) is 18.4. The number of halogens is 1. The van der Waals surface area contributed by atoms with E-state index < -0.39 is 0 Å². The molecule has 0 unspecified atom stereocenters. The lowest BCUT2D eigenvalue weighted by Gasteiger charge is -2.36. The first-order valence-corrected chi connectivity index (χ1v) is 8.77. The monoisotopic (exact) mass is 359 g/mol. The summed E-state index contributed by atoms with van der Waals surface area (Å²) in [6, 6.07) is 0.0194. The Kier molecular flexibility index (Phi) is 4.01. The van der Waals surface area contributed by atoms with Gasteiger partial charge >= 0.3 is 0 Å². The minimum Gasteiger partial charge on any atom is -0.351 e. The number of carbonyl (C=O) groups excluding carboxylic acids is 1. The predicted octanol–water partition coefficient (Wildman–Crippen LogP) is 1.79. The standard InChI is InChI=1S/C17H22FN7O/c1-9-14-15(24(3)10(2)16(26)22-14)23-17(20-9)21-13-4-11(5-13)7-25-8-12(18)6-19-25/h6,8,10-11,13H,4-5,7H2,1-3H3,(H,22,26)(H,20,21,23)/t10-,11-,13+/m0/s1. The molecular weight excluding hydrogens is 337 g/mol. The molecule has 1 atom stereocenters. The Morgan fingerprint density at radius 3 is 2.85 bits per heavy atom. The summed E-state index contributed by atoms with van der Waals surface area (Å²) in [7, 11) is 1.86. The van der Waals surface area contributed by atoms with E-state index in [1.807, 2.05) is 25.8 Å². The van der Waals surface area contributed by atoms with Crippen molar-refractivity contribution in [3.05, 3.63) is 23.9 Å². The Balaban J connectivity index is 1.41. The first-order valence-electron chi connectivity index (χ1n) is 8.77. The van der Waals surface area contributed by atoms with E-state index in [2.05, 4.69) is 25.7 Å². The first kappa shape index (κ1) is 16.7. The van der Waals surface area contributed by atoms with E-state index in [0.717, 1.165) is 30.9 Å². The van der Waals surface area contributed by atoms with Gasteiger partial charge in [0.2, 0.25) is 11.9 Å². The van der Waals surface area contributed by atoms with Crippen molar-refractivity contribution < 1.29 is 9.18 Å². The van der Waals surface area contributed by atoms with Crippen LogP contribution in [0.3, 0.4) is 0 Å². The quantitative estimate of drug-likeness (QED) is 0.865. The van der Waals surface area contributed by atoms with Crippen LogP contribution in [0.1, 0.15) is 25.5 Å². The van der Waals surface area contributed by atoms with Crippen LogP contribution in [0.4, 0.5) is 21.8 Å². The van der Waals surface area contributed by atoms with Gasteiger partial charge in [-0.25, -0.2) is 9.37 Å². The minimum absolute atomic E-state index is 0.0516. The van der Waals surface area contributed by atoms with E-state index in [4.69, 9.17) is 0 Å². The van der Waals surface area contributed by atoms with Crippen molar-refractivity contribution in [2.45, 2.75) is 45.3 Å². The van der Waals surface area contributed by atoms with Crippen molar-refractivity contribution in [3.63, 3.8) is 0 Å². The lowest BCUT2D eigenvalue weighted by molar-refractivity contribution is -0.117. The van der Waals surface area contributed by atoms with Gasteiger partial charge in [-0.15, -0.1) is 0 Å². The number of likely N-dealkylation sites (N-methyl/N-ethyl adjacent to an activating group) is 1. The molecule has 3 heterocycles. The maximum atomic E-state index is 13.0. The van der Waals surface area contributed by atoms with Crippen LogP contribution in [0.25, 0.3) is 0 Å². The molecule has 2 aliphatic rings. The van der Waals surface area contributed by atoms with Gasteiger partial charge in [0.05, 0.1) is 18.1 Å². The highest BCUT2D eigenvalue weighted by Gasteiger charge is 2.33. The zero-order valence-corrected chi connectivity index (χ0v) is 15.0. The van der Waals surface area contributed by atoms with Crippen LogP contribution in [-0.2, 0) is 11.3 Å². The van der Waals surface area contributed by atoms with E-state index in [9.17, 15) is 9.18 Å². The lowest BCUT2D eigenvalue weighted by atomic mass is 9.80. The van der Waals surface area contributed by atoms with Gasteiger partial charge in [-0.3, -0.25) is 9.48 Å². The van der Waals surface area contributed by atoms with Gasteiger partial charge < -0.3 is 15.5 Å². The molecule has 1 aliphatic heterocycles. The molecular formula is C17H22FN7O. The summed E-state index contributed by atoms with van der Waals surface area (Å²) in [6.07, 6.45) is 4.57. The van der Waals surface area contributed by atoms with E-state index in [1.54, 1.807) is 4.68 Å². The summed E-state index contributed by atoms with van der Waals surface area (Å²) in [5, 5.41) is 10.2. The molecule has 8 nitrogen and oxygen atoms in total. The molecule has 1 fully saturated rings. The normalized spacial score (nSPS) is 24.7. The number of amides is 1. The Morgan fingerprint density at radius 1 is 1.38 bits per heavy atom. The van der Waals surface area contributed by atoms with Gasteiger partial charge in [0.25, 0.3) is 0 Å². The highest BCUT2D eigenvalue weighted by molar-refractivity contribution is 6.03. The third kappa shape index (κ3) is 2.97. The van der Waals surface area contributed by atoms with E-state index in [-0.39, 0.29) is 17.8 Å². The second-order valence-electron chi connectivity index (χ2n) is 7.17. The summed E-state index contributed by atoms with van der Waals surface area (Å²) >= 11 is 0. The molecule has 2 aromatic heterocycles. The van der Waals surface area contributed by atoms with Gasteiger partial charge in [0.1, 0.15) is 11.7 Å². The zero-order valence-electron chi connectivity index (χ0n) is 15.0. The molecule has 2 aromatic rings. The number of fused-ring (bicyclic) bond motifs is 1. The van der Waals surface area contributed by atoms with Crippen LogP contribution in [0.2, 0.25) is 0 Å². The van der Waals surface area contributed by atoms with Crippen molar-refractivity contribution in [1.82, 2.24) is 19.7 Å². The van der Waals surface area contributed by atoms with Crippen molar-refractivity contribution in [3.8, 4) is 0 Å². The van der Waals surface area contributed by atoms with Gasteiger partial charge in [-0.2, -0.15) is 10.1 Å². The number of rotatable bonds is 4. The summed E-state index contributed by atoms with van der Waals surface area (Å²) in [5.41, 5.74) is 1.42. The topological polar surface area (TPSA) is 88.0 Å². The average Bonchev–Trinajstić information content (AvgIpc) is 2.97. The molecule has 1 aliphatic carbocycles. The largest absolute Gasteiger partial charge is 0.351 e. The predicted molar refractivity (Wildman–Crippen MR) is 95.6 cm³/mol. The molecule has 26 heavy (non-hydrogen) atoms. The number of carbonyl (C=O) groups is 1.